The molecule has 0 bridgehead atoms. The Kier molecular flexibility index (Phi) is 6.87. The van der Waals surface area contributed by atoms with Crippen LogP contribution in [0.1, 0.15) is 24.0 Å². The number of carbonyl (C=O) groups excluding carboxylic acids is 1. The van der Waals surface area contributed by atoms with Gasteiger partial charge in [-0.1, -0.05) is 18.2 Å². The van der Waals surface area contributed by atoms with Crippen molar-refractivity contribution in [2.45, 2.75) is 32.8 Å². The van der Waals surface area contributed by atoms with E-state index in [2.05, 4.69) is 5.32 Å². The highest BCUT2D eigenvalue weighted by molar-refractivity contribution is 7.92. The molecule has 1 aliphatic rings. The average Bonchev–Trinajstić information content (AvgIpc) is 2.67. The first kappa shape index (κ1) is 22.0. The number of nitrogens with one attached hydrogen (secondary N) is 1. The predicted octanol–water partition coefficient (Wildman–Crippen LogP) is 2.81. The number of nitrogens with zero attached hydrogens (tertiary/aromatic N) is 1. The molecule has 30 heavy (non-hydrogen) atoms. The van der Waals surface area contributed by atoms with Crippen LogP contribution in [0.5, 0.6) is 11.5 Å². The topological polar surface area (TPSA) is 84.9 Å². The highest BCUT2D eigenvalue weighted by atomic mass is 32.2. The summed E-state index contributed by atoms with van der Waals surface area (Å²) < 4.78 is 37.3. The minimum atomic E-state index is -3.44. The van der Waals surface area contributed by atoms with Crippen molar-refractivity contribution in [1.82, 2.24) is 5.32 Å². The lowest BCUT2D eigenvalue weighted by molar-refractivity contribution is -0.121. The van der Waals surface area contributed by atoms with Crippen LogP contribution in [0.25, 0.3) is 0 Å². The smallest absolute Gasteiger partial charge is 0.232 e. The molecule has 2 aromatic carbocycles. The maximum atomic E-state index is 12.3. The van der Waals surface area contributed by atoms with Gasteiger partial charge in [0.25, 0.3) is 0 Å². The Morgan fingerprint density at radius 2 is 1.80 bits per heavy atom. The van der Waals surface area contributed by atoms with Crippen molar-refractivity contribution in [3.05, 3.63) is 53.6 Å². The number of para-hydroxylation sites is 2. The SMILES string of the molecule is Cc1cc(C)cc(N(CCCC(=O)NC[C@@H]2COc3ccccc3O2)S(C)(=O)=O)c1. The zero-order chi connectivity index (χ0) is 21.7. The van der Waals surface area contributed by atoms with Crippen LogP contribution >= 0.6 is 0 Å². The molecule has 0 saturated carbocycles. The standard InChI is InChI=1S/C22H28N2O5S/c1-16-11-17(2)13-18(12-16)24(30(3,26)27)10-6-9-22(25)23-14-19-15-28-20-7-4-5-8-21(20)29-19/h4-5,7-8,11-13,19H,6,9-10,14-15H2,1-3H3,(H,23,25)/t19-/m1/s1. The van der Waals surface area contributed by atoms with Crippen LogP contribution in [-0.2, 0) is 14.8 Å². The zero-order valence-corrected chi connectivity index (χ0v) is 18.4. The molecule has 1 aliphatic heterocycles. The van der Waals surface area contributed by atoms with Gasteiger partial charge in [-0.05, 0) is 55.7 Å². The van der Waals surface area contributed by atoms with Crippen LogP contribution in [0.15, 0.2) is 42.5 Å². The van der Waals surface area contributed by atoms with Crippen molar-refractivity contribution >= 4 is 21.6 Å². The number of anilines is 1. The van der Waals surface area contributed by atoms with Gasteiger partial charge in [-0.15, -0.1) is 0 Å². The van der Waals surface area contributed by atoms with E-state index in [1.54, 1.807) is 0 Å². The van der Waals surface area contributed by atoms with Gasteiger partial charge < -0.3 is 14.8 Å². The predicted molar refractivity (Wildman–Crippen MR) is 117 cm³/mol. The molecule has 0 unspecified atom stereocenters. The van der Waals surface area contributed by atoms with Gasteiger partial charge in [-0.2, -0.15) is 0 Å². The molecule has 1 heterocycles. The Morgan fingerprint density at radius 1 is 1.13 bits per heavy atom. The number of benzene rings is 2. The third-order valence-corrected chi connectivity index (χ3v) is 5.95. The van der Waals surface area contributed by atoms with Gasteiger partial charge in [-0.25, -0.2) is 8.42 Å². The van der Waals surface area contributed by atoms with E-state index in [4.69, 9.17) is 9.47 Å². The fraction of sp³-hybridized carbons (Fsp3) is 0.409. The first-order valence-electron chi connectivity index (χ1n) is 9.93. The molecule has 0 fully saturated rings. The Labute approximate surface area is 178 Å². The summed E-state index contributed by atoms with van der Waals surface area (Å²) in [6, 6.07) is 13.1. The van der Waals surface area contributed by atoms with Crippen molar-refractivity contribution in [2.75, 3.05) is 30.3 Å². The molecule has 0 spiro atoms. The normalized spacial score (nSPS) is 15.5. The summed E-state index contributed by atoms with van der Waals surface area (Å²) in [4.78, 5) is 12.2. The van der Waals surface area contributed by atoms with E-state index in [1.807, 2.05) is 56.3 Å². The number of aryl methyl sites for hydroxylation is 2. The zero-order valence-electron chi connectivity index (χ0n) is 17.6. The van der Waals surface area contributed by atoms with E-state index in [1.165, 1.54) is 10.6 Å². The summed E-state index contributed by atoms with van der Waals surface area (Å²) in [5, 5.41) is 2.84. The summed E-state index contributed by atoms with van der Waals surface area (Å²) in [5.74, 6) is 1.22. The summed E-state index contributed by atoms with van der Waals surface area (Å²) in [6.07, 6.45) is 1.56. The highest BCUT2D eigenvalue weighted by Gasteiger charge is 2.22. The quantitative estimate of drug-likeness (QED) is 0.693. The lowest BCUT2D eigenvalue weighted by atomic mass is 10.1. The van der Waals surface area contributed by atoms with Gasteiger partial charge in [0.15, 0.2) is 11.5 Å². The van der Waals surface area contributed by atoms with Crippen LogP contribution in [0.3, 0.4) is 0 Å². The Balaban J connectivity index is 1.49. The molecule has 0 radical (unpaired) electrons. The summed E-state index contributed by atoms with van der Waals surface area (Å²) in [7, 11) is -3.44. The fourth-order valence-corrected chi connectivity index (χ4v) is 4.39. The Hall–Kier alpha value is -2.74. The first-order chi connectivity index (χ1) is 14.2. The van der Waals surface area contributed by atoms with Gasteiger partial charge in [0.1, 0.15) is 12.7 Å². The molecule has 0 saturated heterocycles. The Morgan fingerprint density at radius 3 is 2.47 bits per heavy atom. The highest BCUT2D eigenvalue weighted by Crippen LogP contribution is 2.30. The van der Waals surface area contributed by atoms with Crippen molar-refractivity contribution in [3.63, 3.8) is 0 Å². The molecular weight excluding hydrogens is 404 g/mol. The molecule has 162 valence electrons. The monoisotopic (exact) mass is 432 g/mol. The van der Waals surface area contributed by atoms with Crippen LogP contribution in [0, 0.1) is 13.8 Å². The van der Waals surface area contributed by atoms with E-state index in [0.29, 0.717) is 36.8 Å². The van der Waals surface area contributed by atoms with Gasteiger partial charge in [-0.3, -0.25) is 9.10 Å². The number of amides is 1. The number of hydrogen-bond acceptors (Lipinski definition) is 5. The number of hydrogen-bond donors (Lipinski definition) is 1. The number of rotatable bonds is 8. The summed E-state index contributed by atoms with van der Waals surface area (Å²) >= 11 is 0. The fourth-order valence-electron chi connectivity index (χ4n) is 3.44. The van der Waals surface area contributed by atoms with E-state index in [0.717, 1.165) is 11.1 Å². The Bertz CT molecular complexity index is 986. The van der Waals surface area contributed by atoms with Gasteiger partial charge >= 0.3 is 0 Å². The van der Waals surface area contributed by atoms with Crippen molar-refractivity contribution in [3.8, 4) is 11.5 Å². The van der Waals surface area contributed by atoms with Gasteiger partial charge in [0, 0.05) is 13.0 Å². The third kappa shape index (κ3) is 5.89. The van der Waals surface area contributed by atoms with Gasteiger partial charge in [0.05, 0.1) is 18.5 Å². The van der Waals surface area contributed by atoms with Crippen LogP contribution in [0.4, 0.5) is 5.69 Å². The molecule has 1 amide bonds. The molecule has 1 N–H and O–H groups in total. The first-order valence-corrected chi connectivity index (χ1v) is 11.8. The van der Waals surface area contributed by atoms with E-state index in [9.17, 15) is 13.2 Å². The average molecular weight is 433 g/mol. The minimum Gasteiger partial charge on any atom is -0.486 e. The second-order valence-corrected chi connectivity index (χ2v) is 9.49. The van der Waals surface area contributed by atoms with Crippen molar-refractivity contribution in [1.29, 1.82) is 0 Å². The second kappa shape index (κ2) is 9.38. The van der Waals surface area contributed by atoms with E-state index in [-0.39, 0.29) is 25.0 Å². The van der Waals surface area contributed by atoms with Crippen molar-refractivity contribution < 1.29 is 22.7 Å². The molecular formula is C22H28N2O5S. The number of fused-ring (bicyclic) bond motifs is 1. The third-order valence-electron chi connectivity index (χ3n) is 4.75. The molecule has 3 rings (SSSR count). The van der Waals surface area contributed by atoms with Crippen LogP contribution in [0.2, 0.25) is 0 Å². The molecule has 1 atom stereocenters. The maximum Gasteiger partial charge on any atom is 0.232 e. The lowest BCUT2D eigenvalue weighted by Crippen LogP contribution is -2.41. The molecule has 0 aromatic heterocycles. The summed E-state index contributed by atoms with van der Waals surface area (Å²) in [6.45, 7) is 4.80. The summed E-state index contributed by atoms with van der Waals surface area (Å²) in [5.41, 5.74) is 2.61. The second-order valence-electron chi connectivity index (χ2n) is 7.59. The van der Waals surface area contributed by atoms with Gasteiger partial charge in [0.2, 0.25) is 15.9 Å². The van der Waals surface area contributed by atoms with Crippen LogP contribution in [-0.4, -0.2) is 46.4 Å². The van der Waals surface area contributed by atoms with Crippen molar-refractivity contribution in [2.24, 2.45) is 0 Å². The van der Waals surface area contributed by atoms with E-state index >= 15 is 0 Å². The minimum absolute atomic E-state index is 0.147. The van der Waals surface area contributed by atoms with E-state index < -0.39 is 10.0 Å². The largest absolute Gasteiger partial charge is 0.486 e. The number of carbonyl (C=O) groups is 1. The molecule has 8 heteroatoms. The molecule has 2 aromatic rings. The number of ether oxygens (including phenoxy) is 2. The maximum absolute atomic E-state index is 12.3. The molecule has 0 aliphatic carbocycles. The molecule has 7 nitrogen and oxygen atoms in total. The lowest BCUT2D eigenvalue weighted by Gasteiger charge is -2.26. The van der Waals surface area contributed by atoms with Crippen LogP contribution < -0.4 is 19.1 Å². The number of sulfonamides is 1.